The van der Waals surface area contributed by atoms with Crippen LogP contribution in [0.1, 0.15) is 39.5 Å². The molecular formula is C13H23BrN2O. The van der Waals surface area contributed by atoms with Gasteiger partial charge in [-0.3, -0.25) is 9.69 Å². The summed E-state index contributed by atoms with van der Waals surface area (Å²) in [5.41, 5.74) is 0. The topological polar surface area (TPSA) is 23.6 Å². The number of halogens is 1. The van der Waals surface area contributed by atoms with Gasteiger partial charge in [0.15, 0.2) is 0 Å². The average molecular weight is 303 g/mol. The first-order valence-corrected chi connectivity index (χ1v) is 7.50. The van der Waals surface area contributed by atoms with E-state index in [0.29, 0.717) is 6.04 Å². The Hall–Kier alpha value is -0.0900. The van der Waals surface area contributed by atoms with E-state index < -0.39 is 4.32 Å². The summed E-state index contributed by atoms with van der Waals surface area (Å²) in [5, 5.41) is 0. The van der Waals surface area contributed by atoms with Gasteiger partial charge in [-0.05, 0) is 52.6 Å². The molecule has 2 heterocycles. The number of likely N-dealkylation sites (tertiary alicyclic amines) is 2. The smallest absolute Gasteiger partial charge is 0.238 e. The number of piperidine rings is 1. The average Bonchev–Trinajstić information content (AvgIpc) is 2.80. The summed E-state index contributed by atoms with van der Waals surface area (Å²) < 4.78 is -0.417. The summed E-state index contributed by atoms with van der Waals surface area (Å²) in [7, 11) is 0. The van der Waals surface area contributed by atoms with Crippen LogP contribution in [0.2, 0.25) is 0 Å². The molecule has 0 N–H and O–H groups in total. The molecule has 0 spiro atoms. The van der Waals surface area contributed by atoms with E-state index in [-0.39, 0.29) is 5.91 Å². The third kappa shape index (κ3) is 3.22. The summed E-state index contributed by atoms with van der Waals surface area (Å²) >= 11 is 3.48. The maximum atomic E-state index is 12.2. The predicted molar refractivity (Wildman–Crippen MR) is 73.4 cm³/mol. The van der Waals surface area contributed by atoms with E-state index in [1.165, 1.54) is 32.4 Å². The second kappa shape index (κ2) is 5.27. The standard InChI is InChI=1S/C13H23BrN2O/c1-13(2,14)12(17)16-9-5-6-11(10-16)15-7-3-4-8-15/h11H,3-10H2,1-2H3. The van der Waals surface area contributed by atoms with Crippen LogP contribution in [0.3, 0.4) is 0 Å². The molecule has 0 aromatic carbocycles. The van der Waals surface area contributed by atoms with Crippen LogP contribution in [0.15, 0.2) is 0 Å². The maximum Gasteiger partial charge on any atom is 0.238 e. The Morgan fingerprint density at radius 1 is 1.18 bits per heavy atom. The zero-order chi connectivity index (χ0) is 12.5. The Morgan fingerprint density at radius 3 is 2.41 bits per heavy atom. The fourth-order valence-corrected chi connectivity index (χ4v) is 3.17. The fourth-order valence-electron chi connectivity index (χ4n) is 2.92. The molecule has 98 valence electrons. The molecule has 2 aliphatic heterocycles. The van der Waals surface area contributed by atoms with E-state index in [9.17, 15) is 4.79 Å². The highest BCUT2D eigenvalue weighted by atomic mass is 79.9. The molecule has 2 rings (SSSR count). The van der Waals surface area contributed by atoms with E-state index in [0.717, 1.165) is 19.5 Å². The van der Waals surface area contributed by atoms with E-state index in [2.05, 4.69) is 20.8 Å². The Bertz CT molecular complexity index is 282. The quantitative estimate of drug-likeness (QED) is 0.731. The summed E-state index contributed by atoms with van der Waals surface area (Å²) in [4.78, 5) is 16.9. The molecule has 0 bridgehead atoms. The zero-order valence-corrected chi connectivity index (χ0v) is 12.5. The van der Waals surface area contributed by atoms with Crippen LogP contribution < -0.4 is 0 Å². The Balaban J connectivity index is 1.94. The lowest BCUT2D eigenvalue weighted by atomic mass is 10.0. The lowest BCUT2D eigenvalue weighted by Crippen LogP contribution is -2.52. The minimum atomic E-state index is -0.417. The predicted octanol–water partition coefficient (Wildman–Crippen LogP) is 2.25. The molecule has 0 saturated carbocycles. The highest BCUT2D eigenvalue weighted by Gasteiger charge is 2.34. The Morgan fingerprint density at radius 2 is 1.82 bits per heavy atom. The van der Waals surface area contributed by atoms with Crippen molar-refractivity contribution in [2.24, 2.45) is 0 Å². The van der Waals surface area contributed by atoms with Crippen LogP contribution in [0.25, 0.3) is 0 Å². The van der Waals surface area contributed by atoms with Crippen molar-refractivity contribution in [1.82, 2.24) is 9.80 Å². The van der Waals surface area contributed by atoms with E-state index in [1.807, 2.05) is 18.7 Å². The number of hydrogen-bond donors (Lipinski definition) is 0. The number of amides is 1. The third-order valence-corrected chi connectivity index (χ3v) is 4.19. The molecule has 4 heteroatoms. The summed E-state index contributed by atoms with van der Waals surface area (Å²) in [6, 6.07) is 0.602. The lowest BCUT2D eigenvalue weighted by molar-refractivity contribution is -0.134. The van der Waals surface area contributed by atoms with Crippen molar-refractivity contribution in [3.05, 3.63) is 0 Å². The van der Waals surface area contributed by atoms with Crippen LogP contribution >= 0.6 is 15.9 Å². The molecule has 3 nitrogen and oxygen atoms in total. The first-order chi connectivity index (χ1) is 7.98. The molecule has 0 aromatic rings. The molecule has 2 fully saturated rings. The van der Waals surface area contributed by atoms with Crippen molar-refractivity contribution in [3.8, 4) is 0 Å². The second-order valence-corrected chi connectivity index (χ2v) is 7.75. The van der Waals surface area contributed by atoms with Gasteiger partial charge >= 0.3 is 0 Å². The molecule has 1 atom stereocenters. The molecule has 0 aromatic heterocycles. The first kappa shape index (κ1) is 13.3. The van der Waals surface area contributed by atoms with Gasteiger partial charge in [0.05, 0.1) is 4.32 Å². The van der Waals surface area contributed by atoms with Crippen LogP contribution in [0, 0.1) is 0 Å². The van der Waals surface area contributed by atoms with Gasteiger partial charge in [0, 0.05) is 19.1 Å². The van der Waals surface area contributed by atoms with Gasteiger partial charge in [-0.15, -0.1) is 0 Å². The summed E-state index contributed by atoms with van der Waals surface area (Å²) in [5.74, 6) is 0.237. The van der Waals surface area contributed by atoms with E-state index in [4.69, 9.17) is 0 Å². The largest absolute Gasteiger partial charge is 0.340 e. The maximum absolute atomic E-state index is 12.2. The lowest BCUT2D eigenvalue weighted by Gasteiger charge is -2.39. The van der Waals surface area contributed by atoms with Crippen molar-refractivity contribution in [3.63, 3.8) is 0 Å². The number of carbonyl (C=O) groups is 1. The SMILES string of the molecule is CC(C)(Br)C(=O)N1CCCC(N2CCCC2)C1. The summed E-state index contributed by atoms with van der Waals surface area (Å²) in [6.07, 6.45) is 5.06. The molecular weight excluding hydrogens is 280 g/mol. The van der Waals surface area contributed by atoms with Gasteiger partial charge in [-0.1, -0.05) is 15.9 Å². The molecule has 0 aliphatic carbocycles. The van der Waals surface area contributed by atoms with Crippen molar-refractivity contribution < 1.29 is 4.79 Å². The highest BCUT2D eigenvalue weighted by Crippen LogP contribution is 2.25. The Kier molecular flexibility index (Phi) is 4.14. The van der Waals surface area contributed by atoms with Crippen LogP contribution in [-0.4, -0.2) is 52.3 Å². The number of nitrogens with zero attached hydrogens (tertiary/aromatic N) is 2. The minimum Gasteiger partial charge on any atom is -0.340 e. The number of alkyl halides is 1. The number of hydrogen-bond acceptors (Lipinski definition) is 2. The molecule has 1 amide bonds. The van der Waals surface area contributed by atoms with Crippen molar-refractivity contribution in [2.45, 2.75) is 49.9 Å². The van der Waals surface area contributed by atoms with E-state index in [1.54, 1.807) is 0 Å². The van der Waals surface area contributed by atoms with E-state index >= 15 is 0 Å². The zero-order valence-electron chi connectivity index (χ0n) is 10.9. The van der Waals surface area contributed by atoms with Gasteiger partial charge in [-0.25, -0.2) is 0 Å². The molecule has 2 aliphatic rings. The normalized spacial score (nSPS) is 27.5. The van der Waals surface area contributed by atoms with Crippen molar-refractivity contribution in [2.75, 3.05) is 26.2 Å². The van der Waals surface area contributed by atoms with Gasteiger partial charge in [0.25, 0.3) is 0 Å². The fraction of sp³-hybridized carbons (Fsp3) is 0.923. The van der Waals surface area contributed by atoms with Crippen molar-refractivity contribution >= 4 is 21.8 Å². The first-order valence-electron chi connectivity index (χ1n) is 6.71. The number of carbonyl (C=O) groups excluding carboxylic acids is 1. The highest BCUT2D eigenvalue weighted by molar-refractivity contribution is 9.10. The molecule has 1 unspecified atom stereocenters. The van der Waals surface area contributed by atoms with Gasteiger partial charge in [0.2, 0.25) is 5.91 Å². The minimum absolute atomic E-state index is 0.237. The second-order valence-electron chi connectivity index (χ2n) is 5.76. The van der Waals surface area contributed by atoms with Gasteiger partial charge in [-0.2, -0.15) is 0 Å². The van der Waals surface area contributed by atoms with Crippen molar-refractivity contribution in [1.29, 1.82) is 0 Å². The molecule has 2 saturated heterocycles. The van der Waals surface area contributed by atoms with Gasteiger partial charge < -0.3 is 4.90 Å². The third-order valence-electron chi connectivity index (χ3n) is 3.85. The van der Waals surface area contributed by atoms with Crippen LogP contribution in [0.5, 0.6) is 0 Å². The molecule has 17 heavy (non-hydrogen) atoms. The summed E-state index contributed by atoms with van der Waals surface area (Å²) in [6.45, 7) is 8.18. The number of rotatable bonds is 2. The Labute approximate surface area is 113 Å². The molecule has 0 radical (unpaired) electrons. The van der Waals surface area contributed by atoms with Gasteiger partial charge in [0.1, 0.15) is 0 Å². The van der Waals surface area contributed by atoms with Crippen LogP contribution in [-0.2, 0) is 4.79 Å². The van der Waals surface area contributed by atoms with Crippen LogP contribution in [0.4, 0.5) is 0 Å². The monoisotopic (exact) mass is 302 g/mol.